The maximum Gasteiger partial charge on any atom is 0.271 e. The summed E-state index contributed by atoms with van der Waals surface area (Å²) in [5, 5.41) is 7.67. The Balaban J connectivity index is 1.76. The first-order valence-corrected chi connectivity index (χ1v) is 10.2. The van der Waals surface area contributed by atoms with Gasteiger partial charge in [0, 0.05) is 18.0 Å². The molecule has 2 aromatic carbocycles. The van der Waals surface area contributed by atoms with E-state index in [1.807, 2.05) is 12.1 Å². The Hall–Kier alpha value is -2.80. The molecule has 0 aliphatic rings. The summed E-state index contributed by atoms with van der Waals surface area (Å²) in [6, 6.07) is 9.92. The second-order valence-corrected chi connectivity index (χ2v) is 7.98. The van der Waals surface area contributed by atoms with Gasteiger partial charge in [-0.15, -0.1) is 11.3 Å². The van der Waals surface area contributed by atoms with E-state index in [9.17, 15) is 13.6 Å². The Morgan fingerprint density at radius 2 is 1.76 bits per heavy atom. The number of carbonyl (C=O) groups excluding carboxylic acids is 1. The van der Waals surface area contributed by atoms with Gasteiger partial charge in [0.15, 0.2) is 0 Å². The van der Waals surface area contributed by atoms with Crippen LogP contribution in [0.1, 0.15) is 54.3 Å². The van der Waals surface area contributed by atoms with Crippen molar-refractivity contribution in [2.45, 2.75) is 32.7 Å². The van der Waals surface area contributed by atoms with E-state index < -0.39 is 23.6 Å². The highest BCUT2D eigenvalue weighted by molar-refractivity contribution is 7.13. The number of halogens is 2. The third kappa shape index (κ3) is 4.62. The number of hydrogen-bond acceptors (Lipinski definition) is 4. The smallest absolute Gasteiger partial charge is 0.271 e. The molecule has 2 N–H and O–H groups in total. The molecule has 7 heteroatoms. The van der Waals surface area contributed by atoms with Gasteiger partial charge in [0.25, 0.3) is 5.91 Å². The molecule has 1 amide bonds. The molecule has 0 aliphatic carbocycles. The molecule has 0 spiro atoms. The second kappa shape index (κ2) is 8.69. The molecular weight excluding hydrogens is 392 g/mol. The number of thiazole rings is 1. The van der Waals surface area contributed by atoms with E-state index in [0.717, 1.165) is 10.6 Å². The van der Waals surface area contributed by atoms with Crippen LogP contribution in [0.15, 0.2) is 41.8 Å². The van der Waals surface area contributed by atoms with Gasteiger partial charge in [0.1, 0.15) is 28.0 Å². The lowest BCUT2D eigenvalue weighted by atomic mass is 10.0. The Morgan fingerprint density at radius 3 is 2.38 bits per heavy atom. The lowest BCUT2D eigenvalue weighted by Crippen LogP contribution is -2.27. The van der Waals surface area contributed by atoms with Crippen LogP contribution in [0.4, 0.5) is 14.5 Å². The number of hydrogen-bond donors (Lipinski definition) is 2. The van der Waals surface area contributed by atoms with Crippen molar-refractivity contribution in [2.75, 3.05) is 12.4 Å². The quantitative estimate of drug-likeness (QED) is 0.539. The van der Waals surface area contributed by atoms with E-state index in [4.69, 9.17) is 0 Å². The Kier molecular flexibility index (Phi) is 6.27. The number of benzene rings is 2. The molecule has 152 valence electrons. The molecule has 0 radical (unpaired) electrons. The number of nitrogens with zero attached hydrogens (tertiary/aromatic N) is 1. The monoisotopic (exact) mass is 415 g/mol. The van der Waals surface area contributed by atoms with E-state index in [1.165, 1.54) is 36.1 Å². The molecule has 0 aliphatic heterocycles. The summed E-state index contributed by atoms with van der Waals surface area (Å²) in [5.74, 6) is -1.40. The normalized spacial score (nSPS) is 12.1. The zero-order chi connectivity index (χ0) is 21.1. The summed E-state index contributed by atoms with van der Waals surface area (Å²) in [6.45, 7) is 5.91. The molecule has 1 unspecified atom stereocenters. The fourth-order valence-electron chi connectivity index (χ4n) is 2.98. The molecular formula is C22H23F2N3OS. The summed E-state index contributed by atoms with van der Waals surface area (Å²) in [6.07, 6.45) is 0. The average Bonchev–Trinajstić information content (AvgIpc) is 3.18. The summed E-state index contributed by atoms with van der Waals surface area (Å²) in [5.41, 5.74) is 2.58. The molecule has 0 saturated carbocycles. The molecule has 3 rings (SSSR count). The highest BCUT2D eigenvalue weighted by atomic mass is 32.1. The van der Waals surface area contributed by atoms with E-state index >= 15 is 0 Å². The molecule has 4 nitrogen and oxygen atoms in total. The fourth-order valence-corrected chi connectivity index (χ4v) is 3.77. The van der Waals surface area contributed by atoms with E-state index in [2.05, 4.69) is 41.6 Å². The molecule has 29 heavy (non-hydrogen) atoms. The maximum atomic E-state index is 14.0. The van der Waals surface area contributed by atoms with Gasteiger partial charge in [-0.25, -0.2) is 13.8 Å². The predicted molar refractivity (Wildman–Crippen MR) is 113 cm³/mol. The largest absolute Gasteiger partial charge is 0.383 e. The number of nitrogens with one attached hydrogen (secondary N) is 2. The lowest BCUT2D eigenvalue weighted by Gasteiger charge is -2.15. The Morgan fingerprint density at radius 1 is 1.07 bits per heavy atom. The first-order valence-electron chi connectivity index (χ1n) is 9.33. The standard InChI is InChI=1S/C22H23F2N3OS/c1-12(2)14-6-5-7-15(8-14)22-27-19(11-29-22)21(28)26-13(3)16-9-17(23)20(25-4)18(24)10-16/h5-13,25H,1-4H3,(H,26,28). The maximum absolute atomic E-state index is 14.0. The van der Waals surface area contributed by atoms with Gasteiger partial charge in [-0.3, -0.25) is 4.79 Å². The van der Waals surface area contributed by atoms with Gasteiger partial charge in [0.05, 0.1) is 6.04 Å². The van der Waals surface area contributed by atoms with Crippen molar-refractivity contribution in [3.8, 4) is 10.6 Å². The van der Waals surface area contributed by atoms with Crippen LogP contribution in [0.5, 0.6) is 0 Å². The topological polar surface area (TPSA) is 54.0 Å². The van der Waals surface area contributed by atoms with Gasteiger partial charge in [0.2, 0.25) is 0 Å². The first kappa shape index (κ1) is 20.9. The Bertz CT molecular complexity index is 1010. The molecule has 1 heterocycles. The van der Waals surface area contributed by atoms with Gasteiger partial charge in [-0.2, -0.15) is 0 Å². The Labute approximate surface area is 173 Å². The van der Waals surface area contributed by atoms with Crippen LogP contribution >= 0.6 is 11.3 Å². The number of carbonyl (C=O) groups is 1. The van der Waals surface area contributed by atoms with E-state index in [-0.39, 0.29) is 11.4 Å². The average molecular weight is 416 g/mol. The molecule has 0 fully saturated rings. The third-order valence-electron chi connectivity index (χ3n) is 4.70. The number of aromatic nitrogens is 1. The highest BCUT2D eigenvalue weighted by Gasteiger charge is 2.18. The SMILES string of the molecule is CNc1c(F)cc(C(C)NC(=O)c2csc(-c3cccc(C(C)C)c3)n2)cc1F. The van der Waals surface area contributed by atoms with Crippen molar-refractivity contribution in [1.29, 1.82) is 0 Å². The number of anilines is 1. The summed E-state index contributed by atoms with van der Waals surface area (Å²) >= 11 is 1.38. The molecule has 0 bridgehead atoms. The van der Waals surface area contributed by atoms with Gasteiger partial charge in [-0.05, 0) is 42.2 Å². The minimum atomic E-state index is -0.704. The van der Waals surface area contributed by atoms with Crippen LogP contribution in [0.3, 0.4) is 0 Å². The number of amides is 1. The van der Waals surface area contributed by atoms with Crippen LogP contribution in [-0.2, 0) is 0 Å². The predicted octanol–water partition coefficient (Wildman–Crippen LogP) is 5.74. The molecule has 3 aromatic rings. The van der Waals surface area contributed by atoms with Crippen molar-refractivity contribution in [3.05, 3.63) is 70.2 Å². The summed E-state index contributed by atoms with van der Waals surface area (Å²) in [7, 11) is 1.45. The van der Waals surface area contributed by atoms with Crippen LogP contribution in [0.2, 0.25) is 0 Å². The molecule has 0 saturated heterocycles. The van der Waals surface area contributed by atoms with Crippen molar-refractivity contribution >= 4 is 22.9 Å². The minimum absolute atomic E-state index is 0.194. The fraction of sp³-hybridized carbons (Fsp3) is 0.273. The summed E-state index contributed by atoms with van der Waals surface area (Å²) in [4.78, 5) is 17.0. The molecule has 1 aromatic heterocycles. The van der Waals surface area contributed by atoms with Crippen LogP contribution in [0.25, 0.3) is 10.6 Å². The summed E-state index contributed by atoms with van der Waals surface area (Å²) < 4.78 is 28.0. The van der Waals surface area contributed by atoms with Crippen molar-refractivity contribution in [3.63, 3.8) is 0 Å². The lowest BCUT2D eigenvalue weighted by molar-refractivity contribution is 0.0935. The minimum Gasteiger partial charge on any atom is -0.383 e. The van der Waals surface area contributed by atoms with Crippen molar-refractivity contribution in [1.82, 2.24) is 10.3 Å². The van der Waals surface area contributed by atoms with Gasteiger partial charge in [-0.1, -0.05) is 32.0 Å². The van der Waals surface area contributed by atoms with E-state index in [1.54, 1.807) is 12.3 Å². The highest BCUT2D eigenvalue weighted by Crippen LogP contribution is 2.28. The van der Waals surface area contributed by atoms with Crippen LogP contribution < -0.4 is 10.6 Å². The van der Waals surface area contributed by atoms with Gasteiger partial charge >= 0.3 is 0 Å². The van der Waals surface area contributed by atoms with Crippen LogP contribution in [0, 0.1) is 11.6 Å². The van der Waals surface area contributed by atoms with E-state index in [0.29, 0.717) is 11.5 Å². The first-order chi connectivity index (χ1) is 13.8. The van der Waals surface area contributed by atoms with Crippen molar-refractivity contribution in [2.24, 2.45) is 0 Å². The zero-order valence-electron chi connectivity index (χ0n) is 16.7. The number of rotatable bonds is 6. The van der Waals surface area contributed by atoms with Crippen LogP contribution in [-0.4, -0.2) is 17.9 Å². The van der Waals surface area contributed by atoms with Gasteiger partial charge < -0.3 is 10.6 Å². The second-order valence-electron chi connectivity index (χ2n) is 7.12. The van der Waals surface area contributed by atoms with Crippen molar-refractivity contribution < 1.29 is 13.6 Å². The zero-order valence-corrected chi connectivity index (χ0v) is 17.5. The third-order valence-corrected chi connectivity index (χ3v) is 5.59. The molecule has 1 atom stereocenters.